The number of hydrogen-bond donors (Lipinski definition) is 1. The van der Waals surface area contributed by atoms with Crippen LogP contribution in [0.25, 0.3) is 0 Å². The Labute approximate surface area is 85.9 Å². The van der Waals surface area contributed by atoms with Crippen LogP contribution in [0.15, 0.2) is 12.4 Å². The minimum atomic E-state index is -0.953. The summed E-state index contributed by atoms with van der Waals surface area (Å²) >= 11 is 0. The molecule has 0 saturated heterocycles. The van der Waals surface area contributed by atoms with Crippen LogP contribution < -0.4 is 10.5 Å². The van der Waals surface area contributed by atoms with E-state index in [1.807, 2.05) is 0 Å². The number of nitrogens with zero attached hydrogens (tertiary/aromatic N) is 3. The van der Waals surface area contributed by atoms with Crippen LogP contribution in [0.4, 0.5) is 4.79 Å². The van der Waals surface area contributed by atoms with Crippen molar-refractivity contribution in [3.05, 3.63) is 18.2 Å². The van der Waals surface area contributed by atoms with Gasteiger partial charge >= 0.3 is 6.09 Å². The van der Waals surface area contributed by atoms with E-state index in [-0.39, 0.29) is 17.5 Å². The highest BCUT2D eigenvalue weighted by Crippen LogP contribution is 2.06. The Morgan fingerprint density at radius 2 is 1.87 bits per heavy atom. The molecule has 0 aliphatic carbocycles. The lowest BCUT2D eigenvalue weighted by atomic mass is 10.5. The molecule has 0 saturated carbocycles. The van der Waals surface area contributed by atoms with Crippen molar-refractivity contribution in [2.45, 2.75) is 0 Å². The standard InChI is InChI=1S/C8H10N4O3/c1-12(2)7(13)6-10-3-5(4-11-6)15-8(9)14/h3-4H,1-2H3,(H2,9,14). The summed E-state index contributed by atoms with van der Waals surface area (Å²) in [6.07, 6.45) is 1.45. The van der Waals surface area contributed by atoms with E-state index in [1.165, 1.54) is 17.3 Å². The summed E-state index contributed by atoms with van der Waals surface area (Å²) in [6, 6.07) is 0. The van der Waals surface area contributed by atoms with Crippen LogP contribution in [0.2, 0.25) is 0 Å². The van der Waals surface area contributed by atoms with Crippen molar-refractivity contribution >= 4 is 12.0 Å². The van der Waals surface area contributed by atoms with E-state index in [4.69, 9.17) is 5.73 Å². The van der Waals surface area contributed by atoms with Gasteiger partial charge in [0.25, 0.3) is 5.91 Å². The summed E-state index contributed by atoms with van der Waals surface area (Å²) in [4.78, 5) is 30.5. The molecule has 0 aliphatic rings. The Balaban J connectivity index is 2.81. The van der Waals surface area contributed by atoms with E-state index in [2.05, 4.69) is 14.7 Å². The zero-order valence-corrected chi connectivity index (χ0v) is 8.30. The molecule has 0 radical (unpaired) electrons. The number of carbonyl (C=O) groups excluding carboxylic acids is 2. The molecule has 0 fully saturated rings. The summed E-state index contributed by atoms with van der Waals surface area (Å²) in [5.41, 5.74) is 4.78. The molecule has 0 bridgehead atoms. The Hall–Kier alpha value is -2.18. The lowest BCUT2D eigenvalue weighted by Gasteiger charge is -2.08. The first-order valence-electron chi connectivity index (χ1n) is 4.01. The van der Waals surface area contributed by atoms with Crippen molar-refractivity contribution in [3.63, 3.8) is 0 Å². The zero-order chi connectivity index (χ0) is 11.4. The molecule has 0 unspecified atom stereocenters. The van der Waals surface area contributed by atoms with Crippen LogP contribution in [-0.2, 0) is 0 Å². The Morgan fingerprint density at radius 3 is 2.27 bits per heavy atom. The van der Waals surface area contributed by atoms with Gasteiger partial charge in [-0.15, -0.1) is 0 Å². The topological polar surface area (TPSA) is 98.4 Å². The monoisotopic (exact) mass is 210 g/mol. The van der Waals surface area contributed by atoms with E-state index in [9.17, 15) is 9.59 Å². The Kier molecular flexibility index (Phi) is 3.17. The molecule has 0 atom stereocenters. The van der Waals surface area contributed by atoms with E-state index >= 15 is 0 Å². The maximum atomic E-state index is 11.3. The molecule has 2 amide bonds. The molecule has 2 N–H and O–H groups in total. The second-order valence-corrected chi connectivity index (χ2v) is 2.86. The first-order chi connectivity index (χ1) is 7.00. The van der Waals surface area contributed by atoms with Crippen LogP contribution in [0.5, 0.6) is 5.75 Å². The molecule has 7 nitrogen and oxygen atoms in total. The molecule has 80 valence electrons. The average Bonchev–Trinajstić information content (AvgIpc) is 2.17. The van der Waals surface area contributed by atoms with Crippen molar-refractivity contribution in [1.82, 2.24) is 14.9 Å². The SMILES string of the molecule is CN(C)C(=O)c1ncc(OC(N)=O)cn1. The fraction of sp³-hybridized carbons (Fsp3) is 0.250. The first-order valence-corrected chi connectivity index (χ1v) is 4.01. The molecular weight excluding hydrogens is 200 g/mol. The first kappa shape index (κ1) is 10.9. The lowest BCUT2D eigenvalue weighted by molar-refractivity contribution is 0.0815. The normalized spacial score (nSPS) is 9.47. The third-order valence-electron chi connectivity index (χ3n) is 1.44. The van der Waals surface area contributed by atoms with Gasteiger partial charge in [-0.25, -0.2) is 14.8 Å². The highest BCUT2D eigenvalue weighted by Gasteiger charge is 2.11. The van der Waals surface area contributed by atoms with E-state index in [1.54, 1.807) is 14.1 Å². The summed E-state index contributed by atoms with van der Waals surface area (Å²) in [7, 11) is 3.17. The summed E-state index contributed by atoms with van der Waals surface area (Å²) in [5, 5.41) is 0. The van der Waals surface area contributed by atoms with Gasteiger partial charge in [0, 0.05) is 14.1 Å². The largest absolute Gasteiger partial charge is 0.410 e. The number of nitrogens with two attached hydrogens (primary N) is 1. The van der Waals surface area contributed by atoms with Gasteiger partial charge in [0.1, 0.15) is 0 Å². The predicted octanol–water partition coefficient (Wildman–Crippen LogP) is -0.364. The third-order valence-corrected chi connectivity index (χ3v) is 1.44. The zero-order valence-electron chi connectivity index (χ0n) is 8.30. The second kappa shape index (κ2) is 4.36. The molecule has 1 rings (SSSR count). The average molecular weight is 210 g/mol. The minimum Gasteiger partial charge on any atom is -0.407 e. The Morgan fingerprint density at radius 1 is 1.33 bits per heavy atom. The number of primary amides is 1. The summed E-state index contributed by atoms with van der Waals surface area (Å²) in [6.45, 7) is 0. The van der Waals surface area contributed by atoms with Gasteiger partial charge in [0.2, 0.25) is 5.82 Å². The van der Waals surface area contributed by atoms with Crippen LogP contribution in [0.3, 0.4) is 0 Å². The fourth-order valence-electron chi connectivity index (χ4n) is 0.795. The quantitative estimate of drug-likeness (QED) is 0.718. The lowest BCUT2D eigenvalue weighted by Crippen LogP contribution is -2.24. The molecule has 0 aliphatic heterocycles. The number of amides is 2. The molecule has 0 aromatic carbocycles. The van der Waals surface area contributed by atoms with Crippen molar-refractivity contribution in [2.75, 3.05) is 14.1 Å². The molecular formula is C8H10N4O3. The molecule has 1 heterocycles. The van der Waals surface area contributed by atoms with Crippen molar-refractivity contribution < 1.29 is 14.3 Å². The van der Waals surface area contributed by atoms with Crippen LogP contribution in [-0.4, -0.2) is 41.0 Å². The molecule has 15 heavy (non-hydrogen) atoms. The summed E-state index contributed by atoms with van der Waals surface area (Å²) in [5.74, 6) is -0.213. The van der Waals surface area contributed by atoms with E-state index in [0.29, 0.717) is 0 Å². The van der Waals surface area contributed by atoms with Crippen molar-refractivity contribution in [3.8, 4) is 5.75 Å². The fourth-order valence-corrected chi connectivity index (χ4v) is 0.795. The van der Waals surface area contributed by atoms with Crippen LogP contribution in [0, 0.1) is 0 Å². The molecule has 0 spiro atoms. The highest BCUT2D eigenvalue weighted by atomic mass is 16.5. The number of rotatable bonds is 2. The maximum absolute atomic E-state index is 11.3. The predicted molar refractivity (Wildman–Crippen MR) is 50.3 cm³/mol. The minimum absolute atomic E-state index is 0.0248. The van der Waals surface area contributed by atoms with Crippen molar-refractivity contribution in [1.29, 1.82) is 0 Å². The van der Waals surface area contributed by atoms with Gasteiger partial charge in [-0.2, -0.15) is 0 Å². The smallest absolute Gasteiger partial charge is 0.407 e. The number of aromatic nitrogens is 2. The van der Waals surface area contributed by atoms with Gasteiger partial charge in [-0.3, -0.25) is 4.79 Å². The number of hydrogen-bond acceptors (Lipinski definition) is 5. The maximum Gasteiger partial charge on any atom is 0.410 e. The number of carbonyl (C=O) groups is 2. The van der Waals surface area contributed by atoms with Crippen LogP contribution in [0.1, 0.15) is 10.6 Å². The highest BCUT2D eigenvalue weighted by molar-refractivity contribution is 5.89. The van der Waals surface area contributed by atoms with Crippen LogP contribution >= 0.6 is 0 Å². The van der Waals surface area contributed by atoms with Gasteiger partial charge in [-0.05, 0) is 0 Å². The summed E-state index contributed by atoms with van der Waals surface area (Å²) < 4.78 is 4.50. The van der Waals surface area contributed by atoms with Crippen molar-refractivity contribution in [2.24, 2.45) is 5.73 Å². The van der Waals surface area contributed by atoms with Gasteiger partial charge in [-0.1, -0.05) is 0 Å². The van der Waals surface area contributed by atoms with E-state index in [0.717, 1.165) is 0 Å². The second-order valence-electron chi connectivity index (χ2n) is 2.86. The molecule has 1 aromatic rings. The van der Waals surface area contributed by atoms with Gasteiger partial charge < -0.3 is 15.4 Å². The van der Waals surface area contributed by atoms with Gasteiger partial charge in [0.15, 0.2) is 5.75 Å². The van der Waals surface area contributed by atoms with E-state index < -0.39 is 6.09 Å². The number of ether oxygens (including phenoxy) is 1. The van der Waals surface area contributed by atoms with Gasteiger partial charge in [0.05, 0.1) is 12.4 Å². The molecule has 1 aromatic heterocycles. The molecule has 7 heteroatoms. The Bertz CT molecular complexity index is 374. The third kappa shape index (κ3) is 2.90.